The van der Waals surface area contributed by atoms with Crippen LogP contribution in [0.2, 0.25) is 0 Å². The number of hydrogen-bond acceptors (Lipinski definition) is 2. The molecule has 70 valence electrons. The third-order valence-electron chi connectivity index (χ3n) is 2.75. The Kier molecular flexibility index (Phi) is 1.24. The molecular formula is C11H11N3. The summed E-state index contributed by atoms with van der Waals surface area (Å²) in [6.07, 6.45) is 0. The van der Waals surface area contributed by atoms with Crippen molar-refractivity contribution in [2.75, 3.05) is 11.5 Å². The van der Waals surface area contributed by atoms with E-state index < -0.39 is 0 Å². The highest BCUT2D eigenvalue weighted by atomic mass is 15.1. The molecular weight excluding hydrogens is 174 g/mol. The van der Waals surface area contributed by atoms with E-state index in [9.17, 15) is 0 Å². The number of nitrogens with zero attached hydrogens (tertiary/aromatic N) is 1. The monoisotopic (exact) mass is 185 g/mol. The number of aromatic nitrogens is 1. The van der Waals surface area contributed by atoms with Crippen molar-refractivity contribution in [3.05, 3.63) is 35.9 Å². The van der Waals surface area contributed by atoms with E-state index in [1.165, 1.54) is 16.8 Å². The molecule has 0 unspecified atom stereocenters. The van der Waals surface area contributed by atoms with Gasteiger partial charge in [0.15, 0.2) is 0 Å². The van der Waals surface area contributed by atoms with Gasteiger partial charge in [-0.3, -0.25) is 0 Å². The molecule has 0 amide bonds. The zero-order chi connectivity index (χ0) is 9.71. The van der Waals surface area contributed by atoms with E-state index in [0.717, 1.165) is 18.1 Å². The van der Waals surface area contributed by atoms with Gasteiger partial charge < -0.3 is 16.0 Å². The zero-order valence-electron chi connectivity index (χ0n) is 7.70. The maximum atomic E-state index is 5.84. The highest BCUT2D eigenvalue weighted by Crippen LogP contribution is 2.35. The number of benzene rings is 1. The highest BCUT2D eigenvalue weighted by molar-refractivity contribution is 5.73. The third kappa shape index (κ3) is 0.812. The minimum absolute atomic E-state index is 0.813. The lowest BCUT2D eigenvalue weighted by molar-refractivity contribution is 0.865. The fourth-order valence-electron chi connectivity index (χ4n) is 2.06. The Balaban J connectivity index is 2.27. The van der Waals surface area contributed by atoms with Gasteiger partial charge in [0.25, 0.3) is 0 Å². The Hall–Kier alpha value is -1.90. The molecule has 2 aromatic rings. The molecule has 3 heteroatoms. The highest BCUT2D eigenvalue weighted by Gasteiger charge is 2.19. The van der Waals surface area contributed by atoms with Gasteiger partial charge in [-0.05, 0) is 29.8 Å². The van der Waals surface area contributed by atoms with Crippen LogP contribution >= 0.6 is 0 Å². The van der Waals surface area contributed by atoms with Crippen LogP contribution in [0, 0.1) is 0 Å². The molecule has 1 aliphatic heterocycles. The second-order valence-corrected chi connectivity index (χ2v) is 3.65. The van der Waals surface area contributed by atoms with Crippen LogP contribution in [0.1, 0.15) is 5.56 Å². The maximum Gasteiger partial charge on any atom is 0.104 e. The van der Waals surface area contributed by atoms with Crippen molar-refractivity contribution in [1.82, 2.24) is 4.57 Å². The summed E-state index contributed by atoms with van der Waals surface area (Å²) < 4.78 is 2.10. The molecule has 1 aromatic carbocycles. The molecule has 0 radical (unpaired) electrons. The Labute approximate surface area is 81.9 Å². The van der Waals surface area contributed by atoms with E-state index in [1.807, 2.05) is 18.2 Å². The van der Waals surface area contributed by atoms with Gasteiger partial charge in [-0.25, -0.2) is 0 Å². The van der Waals surface area contributed by atoms with E-state index >= 15 is 0 Å². The Bertz CT molecular complexity index is 511. The van der Waals surface area contributed by atoms with Crippen molar-refractivity contribution in [2.24, 2.45) is 0 Å². The van der Waals surface area contributed by atoms with Crippen LogP contribution in [0.15, 0.2) is 30.3 Å². The molecule has 3 rings (SSSR count). The predicted octanol–water partition coefficient (Wildman–Crippen LogP) is 1.68. The van der Waals surface area contributed by atoms with Crippen LogP contribution in [-0.2, 0) is 6.54 Å². The second kappa shape index (κ2) is 2.32. The number of hydrogen-bond donors (Lipinski definition) is 2. The van der Waals surface area contributed by atoms with Gasteiger partial charge in [-0.15, -0.1) is 0 Å². The van der Waals surface area contributed by atoms with Gasteiger partial charge in [-0.2, -0.15) is 0 Å². The first-order valence-corrected chi connectivity index (χ1v) is 4.59. The number of nitrogens with two attached hydrogens (primary N) is 2. The average Bonchev–Trinajstić information content (AvgIpc) is 2.66. The fourth-order valence-corrected chi connectivity index (χ4v) is 2.06. The van der Waals surface area contributed by atoms with E-state index in [0.29, 0.717) is 0 Å². The number of rotatable bonds is 0. The van der Waals surface area contributed by atoms with E-state index in [2.05, 4.69) is 16.7 Å². The number of anilines is 2. The van der Waals surface area contributed by atoms with Gasteiger partial charge in [0.1, 0.15) is 5.82 Å². The minimum atomic E-state index is 0.813. The van der Waals surface area contributed by atoms with Crippen molar-refractivity contribution < 1.29 is 0 Å². The Morgan fingerprint density at radius 1 is 1.07 bits per heavy atom. The van der Waals surface area contributed by atoms with E-state index in [1.54, 1.807) is 0 Å². The van der Waals surface area contributed by atoms with Crippen molar-refractivity contribution in [2.45, 2.75) is 6.54 Å². The summed E-state index contributed by atoms with van der Waals surface area (Å²) in [5, 5.41) is 0. The van der Waals surface area contributed by atoms with Gasteiger partial charge >= 0.3 is 0 Å². The molecule has 0 fully saturated rings. The van der Waals surface area contributed by atoms with Crippen LogP contribution in [-0.4, -0.2) is 4.57 Å². The number of nitrogen functional groups attached to an aromatic ring is 2. The summed E-state index contributed by atoms with van der Waals surface area (Å²) in [6, 6.07) is 9.99. The van der Waals surface area contributed by atoms with Crippen LogP contribution < -0.4 is 11.5 Å². The van der Waals surface area contributed by atoms with Gasteiger partial charge in [-0.1, -0.05) is 6.07 Å². The molecule has 0 aliphatic carbocycles. The zero-order valence-corrected chi connectivity index (χ0v) is 7.70. The summed E-state index contributed by atoms with van der Waals surface area (Å²) in [5.41, 5.74) is 16.1. The second-order valence-electron chi connectivity index (χ2n) is 3.65. The van der Waals surface area contributed by atoms with Crippen molar-refractivity contribution >= 4 is 11.5 Å². The normalized spacial score (nSPS) is 12.6. The lowest BCUT2D eigenvalue weighted by Crippen LogP contribution is -1.98. The topological polar surface area (TPSA) is 57.0 Å². The molecule has 3 nitrogen and oxygen atoms in total. The van der Waals surface area contributed by atoms with Gasteiger partial charge in [0.2, 0.25) is 0 Å². The van der Waals surface area contributed by atoms with Gasteiger partial charge in [0.05, 0.1) is 12.2 Å². The Morgan fingerprint density at radius 2 is 1.93 bits per heavy atom. The van der Waals surface area contributed by atoms with Crippen molar-refractivity contribution in [3.8, 4) is 11.3 Å². The smallest absolute Gasteiger partial charge is 0.104 e. The SMILES string of the molecule is Nc1ccc2c(c1)Cn1c(N)ccc1-2. The maximum absolute atomic E-state index is 5.84. The molecule has 1 aromatic heterocycles. The van der Waals surface area contributed by atoms with Crippen LogP contribution in [0.5, 0.6) is 0 Å². The fraction of sp³-hybridized carbons (Fsp3) is 0.0909. The summed E-state index contributed by atoms with van der Waals surface area (Å²) in [4.78, 5) is 0. The van der Waals surface area contributed by atoms with E-state index in [4.69, 9.17) is 11.5 Å². The molecule has 0 atom stereocenters. The molecule has 0 bridgehead atoms. The lowest BCUT2D eigenvalue weighted by atomic mass is 10.1. The molecule has 4 N–H and O–H groups in total. The standard InChI is InChI=1S/C11H11N3/c12-8-1-2-9-7(5-8)6-14-10(9)3-4-11(14)13/h1-5H,6,12-13H2. The third-order valence-corrected chi connectivity index (χ3v) is 2.75. The Morgan fingerprint density at radius 3 is 2.79 bits per heavy atom. The molecule has 0 saturated carbocycles. The van der Waals surface area contributed by atoms with Crippen LogP contribution in [0.4, 0.5) is 11.5 Å². The first-order chi connectivity index (χ1) is 6.75. The van der Waals surface area contributed by atoms with Crippen molar-refractivity contribution in [3.63, 3.8) is 0 Å². The molecule has 14 heavy (non-hydrogen) atoms. The first-order valence-electron chi connectivity index (χ1n) is 4.59. The summed E-state index contributed by atoms with van der Waals surface area (Å²) in [5.74, 6) is 0.815. The van der Waals surface area contributed by atoms with E-state index in [-0.39, 0.29) is 0 Å². The first kappa shape index (κ1) is 7.50. The van der Waals surface area contributed by atoms with Crippen LogP contribution in [0.3, 0.4) is 0 Å². The molecule has 1 aliphatic rings. The molecule has 2 heterocycles. The molecule has 0 spiro atoms. The summed E-state index contributed by atoms with van der Waals surface area (Å²) >= 11 is 0. The summed E-state index contributed by atoms with van der Waals surface area (Å²) in [7, 11) is 0. The van der Waals surface area contributed by atoms with Crippen LogP contribution in [0.25, 0.3) is 11.3 Å². The predicted molar refractivity (Wildman–Crippen MR) is 57.8 cm³/mol. The minimum Gasteiger partial charge on any atom is -0.399 e. The van der Waals surface area contributed by atoms with Crippen molar-refractivity contribution in [1.29, 1.82) is 0 Å². The number of fused-ring (bicyclic) bond motifs is 3. The molecule has 0 saturated heterocycles. The largest absolute Gasteiger partial charge is 0.399 e. The quantitative estimate of drug-likeness (QED) is 0.523. The van der Waals surface area contributed by atoms with Gasteiger partial charge in [0, 0.05) is 11.3 Å². The summed E-state index contributed by atoms with van der Waals surface area (Å²) in [6.45, 7) is 0.842. The lowest BCUT2D eigenvalue weighted by Gasteiger charge is -1.99. The average molecular weight is 185 g/mol.